The fourth-order valence-electron chi connectivity index (χ4n) is 7.04. The van der Waals surface area contributed by atoms with E-state index in [1.54, 1.807) is 0 Å². The van der Waals surface area contributed by atoms with E-state index >= 15 is 0 Å². The Labute approximate surface area is 147 Å². The van der Waals surface area contributed by atoms with Gasteiger partial charge in [0.2, 0.25) is 5.91 Å². The molecule has 1 saturated heterocycles. The smallest absolute Gasteiger partial charge is 0.240 e. The van der Waals surface area contributed by atoms with Crippen LogP contribution in [0.4, 0.5) is 0 Å². The van der Waals surface area contributed by atoms with E-state index in [1.165, 1.54) is 6.42 Å². The van der Waals surface area contributed by atoms with Crippen molar-refractivity contribution in [2.75, 3.05) is 13.1 Å². The van der Waals surface area contributed by atoms with Crippen molar-refractivity contribution in [3.63, 3.8) is 0 Å². The highest BCUT2D eigenvalue weighted by Crippen LogP contribution is 2.64. The molecule has 1 heterocycles. The van der Waals surface area contributed by atoms with Gasteiger partial charge in [-0.1, -0.05) is 20.8 Å². The van der Waals surface area contributed by atoms with Gasteiger partial charge in [-0.3, -0.25) is 4.79 Å². The largest absolute Gasteiger partial charge is 0.390 e. The number of hydrogen-bond donors (Lipinski definition) is 2. The molecule has 4 atom stereocenters. The van der Waals surface area contributed by atoms with Gasteiger partial charge in [-0.05, 0) is 74.5 Å². The highest BCUT2D eigenvalue weighted by atomic mass is 16.3. The predicted molar refractivity (Wildman–Crippen MR) is 96.4 cm³/mol. The number of carbonyl (C=O) groups excluding carboxylic acids is 1. The minimum absolute atomic E-state index is 0.0727. The van der Waals surface area contributed by atoms with E-state index in [2.05, 4.69) is 20.8 Å². The standard InChI is InChI=1S/C20H36N2O2/c1-17(2)10-18(3)12-19(4,24)14-20(11-17,13-18)15(21)16(23)22-8-6-5-7-9-22/h15,24H,5-14,21H2,1-4H3. The molecule has 2 saturated carbocycles. The molecule has 138 valence electrons. The van der Waals surface area contributed by atoms with Crippen molar-refractivity contribution >= 4 is 5.91 Å². The molecule has 4 heteroatoms. The van der Waals surface area contributed by atoms with Gasteiger partial charge in [0.15, 0.2) is 0 Å². The van der Waals surface area contributed by atoms with Crippen LogP contribution in [0.2, 0.25) is 0 Å². The summed E-state index contributed by atoms with van der Waals surface area (Å²) in [6, 6.07) is -0.485. The summed E-state index contributed by atoms with van der Waals surface area (Å²) >= 11 is 0. The van der Waals surface area contributed by atoms with Crippen LogP contribution in [-0.4, -0.2) is 40.6 Å². The minimum atomic E-state index is -0.719. The summed E-state index contributed by atoms with van der Waals surface area (Å²) in [7, 11) is 0. The quantitative estimate of drug-likeness (QED) is 0.814. The van der Waals surface area contributed by atoms with Gasteiger partial charge in [0, 0.05) is 13.1 Å². The maximum Gasteiger partial charge on any atom is 0.240 e. The summed E-state index contributed by atoms with van der Waals surface area (Å²) in [6.45, 7) is 10.5. The highest BCUT2D eigenvalue weighted by Gasteiger charge is 2.60. The van der Waals surface area contributed by atoms with Gasteiger partial charge in [0.1, 0.15) is 0 Å². The number of amides is 1. The van der Waals surface area contributed by atoms with Gasteiger partial charge in [-0.25, -0.2) is 0 Å². The lowest BCUT2D eigenvalue weighted by Crippen LogP contribution is -2.63. The molecule has 1 amide bonds. The van der Waals surface area contributed by atoms with Gasteiger partial charge in [-0.2, -0.15) is 0 Å². The third-order valence-electron chi connectivity index (χ3n) is 6.65. The Bertz CT molecular complexity index is 480. The van der Waals surface area contributed by atoms with Crippen molar-refractivity contribution in [2.45, 2.75) is 90.7 Å². The second-order valence-electron chi connectivity index (χ2n) is 10.6. The number of fused-ring (bicyclic) bond motifs is 2. The zero-order valence-electron chi connectivity index (χ0n) is 16.0. The molecule has 3 fully saturated rings. The first-order chi connectivity index (χ1) is 11.0. The van der Waals surface area contributed by atoms with Crippen molar-refractivity contribution < 1.29 is 9.90 Å². The molecule has 3 aliphatic rings. The molecular weight excluding hydrogens is 300 g/mol. The Morgan fingerprint density at radius 2 is 1.58 bits per heavy atom. The van der Waals surface area contributed by atoms with Crippen LogP contribution < -0.4 is 5.73 Å². The zero-order valence-corrected chi connectivity index (χ0v) is 16.0. The third-order valence-corrected chi connectivity index (χ3v) is 6.65. The average Bonchev–Trinajstić information content (AvgIpc) is 2.41. The van der Waals surface area contributed by atoms with Crippen LogP contribution in [0, 0.1) is 16.2 Å². The van der Waals surface area contributed by atoms with E-state index in [-0.39, 0.29) is 22.2 Å². The normalized spacial score (nSPS) is 43.3. The van der Waals surface area contributed by atoms with E-state index in [1.807, 2.05) is 11.8 Å². The highest BCUT2D eigenvalue weighted by molar-refractivity contribution is 5.82. The summed E-state index contributed by atoms with van der Waals surface area (Å²) in [4.78, 5) is 15.1. The molecule has 2 aliphatic carbocycles. The number of piperidine rings is 1. The molecule has 3 N–H and O–H groups in total. The predicted octanol–water partition coefficient (Wildman–Crippen LogP) is 3.07. The van der Waals surface area contributed by atoms with E-state index in [4.69, 9.17) is 5.73 Å². The Morgan fingerprint density at radius 1 is 0.958 bits per heavy atom. The second kappa shape index (κ2) is 5.70. The summed E-state index contributed by atoms with van der Waals surface area (Å²) < 4.78 is 0. The van der Waals surface area contributed by atoms with Crippen LogP contribution in [-0.2, 0) is 4.79 Å². The molecule has 0 aromatic rings. The Balaban J connectivity index is 1.90. The topological polar surface area (TPSA) is 66.6 Å². The van der Waals surface area contributed by atoms with Crippen molar-refractivity contribution in [1.82, 2.24) is 4.90 Å². The van der Waals surface area contributed by atoms with Gasteiger partial charge >= 0.3 is 0 Å². The molecule has 0 aromatic carbocycles. The second-order valence-corrected chi connectivity index (χ2v) is 10.6. The molecule has 1 aliphatic heterocycles. The molecule has 2 bridgehead atoms. The molecule has 0 radical (unpaired) electrons. The van der Waals surface area contributed by atoms with Gasteiger partial charge in [0.05, 0.1) is 11.6 Å². The first kappa shape index (κ1) is 18.2. The number of carbonyl (C=O) groups is 1. The number of aliphatic hydroxyl groups is 1. The van der Waals surface area contributed by atoms with E-state index in [0.29, 0.717) is 6.42 Å². The average molecular weight is 337 g/mol. The molecule has 4 nitrogen and oxygen atoms in total. The van der Waals surface area contributed by atoms with Crippen LogP contribution in [0.25, 0.3) is 0 Å². The number of nitrogens with two attached hydrogens (primary N) is 1. The molecular formula is C20H36N2O2. The van der Waals surface area contributed by atoms with Crippen molar-refractivity contribution in [3.8, 4) is 0 Å². The summed E-state index contributed by atoms with van der Waals surface area (Å²) in [5, 5.41) is 10.9. The van der Waals surface area contributed by atoms with Crippen LogP contribution in [0.15, 0.2) is 0 Å². The third kappa shape index (κ3) is 3.37. The summed E-state index contributed by atoms with van der Waals surface area (Å²) in [5.41, 5.74) is 5.92. The maximum atomic E-state index is 13.1. The van der Waals surface area contributed by atoms with Gasteiger partial charge in [0.25, 0.3) is 0 Å². The number of rotatable bonds is 2. The van der Waals surface area contributed by atoms with Crippen LogP contribution in [0.3, 0.4) is 0 Å². The van der Waals surface area contributed by atoms with Crippen molar-refractivity contribution in [3.05, 3.63) is 0 Å². The number of hydrogen-bond acceptors (Lipinski definition) is 3. The fourth-order valence-corrected chi connectivity index (χ4v) is 7.04. The Kier molecular flexibility index (Phi) is 4.32. The lowest BCUT2D eigenvalue weighted by molar-refractivity contribution is -0.165. The van der Waals surface area contributed by atoms with E-state index < -0.39 is 11.6 Å². The summed E-state index contributed by atoms with van der Waals surface area (Å²) in [5.74, 6) is 0.118. The van der Waals surface area contributed by atoms with Gasteiger partial charge in [-0.15, -0.1) is 0 Å². The van der Waals surface area contributed by atoms with Gasteiger partial charge < -0.3 is 15.7 Å². The molecule has 24 heavy (non-hydrogen) atoms. The van der Waals surface area contributed by atoms with Crippen molar-refractivity contribution in [2.24, 2.45) is 22.0 Å². The number of likely N-dealkylation sites (tertiary alicyclic amines) is 1. The molecule has 4 unspecified atom stereocenters. The minimum Gasteiger partial charge on any atom is -0.390 e. The fraction of sp³-hybridized carbons (Fsp3) is 0.950. The maximum absolute atomic E-state index is 13.1. The van der Waals surface area contributed by atoms with E-state index in [0.717, 1.165) is 51.6 Å². The lowest BCUT2D eigenvalue weighted by atomic mass is 9.45. The lowest BCUT2D eigenvalue weighted by Gasteiger charge is -2.62. The van der Waals surface area contributed by atoms with E-state index in [9.17, 15) is 9.90 Å². The SMILES string of the molecule is CC1(C)CC2(C)CC(C)(O)CC(C(N)C(=O)N3CCCCC3)(C1)C2. The molecule has 0 spiro atoms. The first-order valence-corrected chi connectivity index (χ1v) is 9.73. The Morgan fingerprint density at radius 3 is 2.21 bits per heavy atom. The number of nitrogens with zero attached hydrogens (tertiary/aromatic N) is 1. The molecule has 3 rings (SSSR count). The van der Waals surface area contributed by atoms with Crippen molar-refractivity contribution in [1.29, 1.82) is 0 Å². The molecule has 0 aromatic heterocycles. The van der Waals surface area contributed by atoms with Crippen LogP contribution >= 0.6 is 0 Å². The Hall–Kier alpha value is -0.610. The van der Waals surface area contributed by atoms with Crippen LogP contribution in [0.1, 0.15) is 79.1 Å². The van der Waals surface area contributed by atoms with Crippen LogP contribution in [0.5, 0.6) is 0 Å². The first-order valence-electron chi connectivity index (χ1n) is 9.73. The zero-order chi connectivity index (χ0) is 17.8. The monoisotopic (exact) mass is 336 g/mol. The summed E-state index contributed by atoms with van der Waals surface area (Å²) in [6.07, 6.45) is 7.87.